The molecule has 3 rings (SSSR count). The van der Waals surface area contributed by atoms with Crippen molar-refractivity contribution in [2.45, 2.75) is 10.9 Å². The highest BCUT2D eigenvalue weighted by Gasteiger charge is 2.35. The molecule has 0 amide bonds. The van der Waals surface area contributed by atoms with Crippen LogP contribution in [0.2, 0.25) is 0 Å². The van der Waals surface area contributed by atoms with Gasteiger partial charge in [0.15, 0.2) is 0 Å². The molecule has 23 heavy (non-hydrogen) atoms. The first kappa shape index (κ1) is 15.9. The number of hydrogen-bond donors (Lipinski definition) is 1. The molecule has 1 atom stereocenters. The smallest absolute Gasteiger partial charge is 0.245 e. The molecule has 1 N–H and O–H groups in total. The van der Waals surface area contributed by atoms with Gasteiger partial charge in [-0.25, -0.2) is 8.42 Å². The van der Waals surface area contributed by atoms with Gasteiger partial charge < -0.3 is 10.1 Å². The molecule has 0 aliphatic carbocycles. The number of nitrogens with zero attached hydrogens (tertiary/aromatic N) is 2. The quantitative estimate of drug-likeness (QED) is 0.916. The van der Waals surface area contributed by atoms with Crippen LogP contribution in [0.1, 0.15) is 11.6 Å². The predicted octanol–water partition coefficient (Wildman–Crippen LogP) is 1.43. The number of hydrogen-bond acceptors (Lipinski definition) is 5. The van der Waals surface area contributed by atoms with E-state index in [9.17, 15) is 8.42 Å². The molecule has 1 aromatic heterocycles. The molecule has 1 aliphatic rings. The first-order chi connectivity index (χ1) is 11.1. The predicted molar refractivity (Wildman–Crippen MR) is 86.7 cm³/mol. The second kappa shape index (κ2) is 6.66. The Morgan fingerprint density at radius 1 is 1.26 bits per heavy atom. The second-order valence-electron chi connectivity index (χ2n) is 5.27. The lowest BCUT2D eigenvalue weighted by molar-refractivity contribution is 0.264. The summed E-state index contributed by atoms with van der Waals surface area (Å²) in [4.78, 5) is 4.14. The van der Waals surface area contributed by atoms with Crippen LogP contribution in [0.25, 0.3) is 0 Å². The highest BCUT2D eigenvalue weighted by Crippen LogP contribution is 2.33. The van der Waals surface area contributed by atoms with Gasteiger partial charge in [0.05, 0.1) is 13.2 Å². The van der Waals surface area contributed by atoms with Gasteiger partial charge in [0.25, 0.3) is 0 Å². The van der Waals surface area contributed by atoms with Crippen molar-refractivity contribution in [3.05, 3.63) is 54.4 Å². The van der Waals surface area contributed by atoms with E-state index >= 15 is 0 Å². The van der Waals surface area contributed by atoms with E-state index in [1.165, 1.54) is 10.5 Å². The molecule has 1 fully saturated rings. The molecule has 122 valence electrons. The molecule has 1 aromatic carbocycles. The number of methoxy groups -OCH3 is 1. The van der Waals surface area contributed by atoms with Crippen molar-refractivity contribution in [1.29, 1.82) is 0 Å². The maximum absolute atomic E-state index is 13.0. The van der Waals surface area contributed by atoms with Crippen LogP contribution in [0.3, 0.4) is 0 Å². The van der Waals surface area contributed by atoms with Gasteiger partial charge in [-0.05, 0) is 18.2 Å². The number of piperazine rings is 1. The topological polar surface area (TPSA) is 71.5 Å². The van der Waals surface area contributed by atoms with Crippen molar-refractivity contribution in [3.63, 3.8) is 0 Å². The standard InChI is InChI=1S/C16H19N3O3S/c1-22-16-7-3-2-6-14(16)15-12-18-9-10-19(15)23(20,21)13-5-4-8-17-11-13/h2-8,11,15,18H,9-10,12H2,1H3. The first-order valence-electron chi connectivity index (χ1n) is 7.40. The highest BCUT2D eigenvalue weighted by atomic mass is 32.2. The molecule has 6 nitrogen and oxygen atoms in total. The van der Waals surface area contributed by atoms with Crippen LogP contribution in [0.5, 0.6) is 5.75 Å². The normalized spacial score (nSPS) is 19.4. The Morgan fingerprint density at radius 3 is 2.83 bits per heavy atom. The molecule has 0 spiro atoms. The van der Waals surface area contributed by atoms with E-state index < -0.39 is 10.0 Å². The van der Waals surface area contributed by atoms with E-state index in [4.69, 9.17) is 4.74 Å². The molecule has 1 unspecified atom stereocenters. The van der Waals surface area contributed by atoms with Gasteiger partial charge in [-0.1, -0.05) is 18.2 Å². The molecule has 2 heterocycles. The molecular weight excluding hydrogens is 314 g/mol. The van der Waals surface area contributed by atoms with Crippen molar-refractivity contribution in [1.82, 2.24) is 14.6 Å². The van der Waals surface area contributed by atoms with Crippen LogP contribution in [-0.2, 0) is 10.0 Å². The molecular formula is C16H19N3O3S. The van der Waals surface area contributed by atoms with Gasteiger partial charge in [-0.2, -0.15) is 4.31 Å². The van der Waals surface area contributed by atoms with Crippen LogP contribution >= 0.6 is 0 Å². The molecule has 0 radical (unpaired) electrons. The molecule has 0 bridgehead atoms. The largest absolute Gasteiger partial charge is 0.496 e. The van der Waals surface area contributed by atoms with Crippen molar-refractivity contribution < 1.29 is 13.2 Å². The maximum atomic E-state index is 13.0. The first-order valence-corrected chi connectivity index (χ1v) is 8.84. The number of para-hydroxylation sites is 1. The summed E-state index contributed by atoms with van der Waals surface area (Å²) in [5, 5.41) is 3.26. The van der Waals surface area contributed by atoms with Crippen molar-refractivity contribution >= 4 is 10.0 Å². The van der Waals surface area contributed by atoms with Crippen LogP contribution < -0.4 is 10.1 Å². The number of ether oxygens (including phenoxy) is 1. The van der Waals surface area contributed by atoms with E-state index in [0.29, 0.717) is 25.4 Å². The third-order valence-corrected chi connectivity index (χ3v) is 5.82. The van der Waals surface area contributed by atoms with Crippen molar-refractivity contribution in [3.8, 4) is 5.75 Å². The number of rotatable bonds is 4. The molecule has 7 heteroatoms. The number of nitrogens with one attached hydrogen (secondary N) is 1. The van der Waals surface area contributed by atoms with E-state index in [1.807, 2.05) is 24.3 Å². The Labute approximate surface area is 136 Å². The van der Waals surface area contributed by atoms with Gasteiger partial charge in [-0.15, -0.1) is 0 Å². The molecule has 1 saturated heterocycles. The average molecular weight is 333 g/mol. The molecule has 1 aliphatic heterocycles. The minimum absolute atomic E-state index is 0.210. The average Bonchev–Trinajstić information content (AvgIpc) is 2.62. The zero-order valence-electron chi connectivity index (χ0n) is 12.8. The highest BCUT2D eigenvalue weighted by molar-refractivity contribution is 7.89. The van der Waals surface area contributed by atoms with Crippen molar-refractivity contribution in [2.75, 3.05) is 26.7 Å². The zero-order chi connectivity index (χ0) is 16.3. The fraction of sp³-hybridized carbons (Fsp3) is 0.312. The Kier molecular flexibility index (Phi) is 4.61. The van der Waals surface area contributed by atoms with Gasteiger partial charge in [-0.3, -0.25) is 4.98 Å². The zero-order valence-corrected chi connectivity index (χ0v) is 13.7. The summed E-state index contributed by atoms with van der Waals surface area (Å²) in [5.74, 6) is 0.688. The Morgan fingerprint density at radius 2 is 2.09 bits per heavy atom. The lowest BCUT2D eigenvalue weighted by atomic mass is 10.0. The van der Waals surface area contributed by atoms with Gasteiger partial charge in [0.1, 0.15) is 10.6 Å². The molecule has 2 aromatic rings. The third-order valence-electron chi connectivity index (χ3n) is 3.93. The minimum atomic E-state index is -3.61. The van der Waals surface area contributed by atoms with E-state index in [2.05, 4.69) is 10.3 Å². The number of pyridine rings is 1. The van der Waals surface area contributed by atoms with E-state index in [-0.39, 0.29) is 10.9 Å². The molecule has 0 saturated carbocycles. The summed E-state index contributed by atoms with van der Waals surface area (Å²) in [5.41, 5.74) is 0.856. The van der Waals surface area contributed by atoms with Crippen molar-refractivity contribution in [2.24, 2.45) is 0 Å². The lowest BCUT2D eigenvalue weighted by Gasteiger charge is -2.35. The Balaban J connectivity index is 2.03. The third kappa shape index (κ3) is 3.08. The van der Waals surface area contributed by atoms with E-state index in [0.717, 1.165) is 5.56 Å². The maximum Gasteiger partial charge on any atom is 0.245 e. The summed E-state index contributed by atoms with van der Waals surface area (Å²) in [7, 11) is -2.02. The van der Waals surface area contributed by atoms with E-state index in [1.54, 1.807) is 25.4 Å². The summed E-state index contributed by atoms with van der Waals surface area (Å²) in [6.45, 7) is 1.56. The monoisotopic (exact) mass is 333 g/mol. The summed E-state index contributed by atoms with van der Waals surface area (Å²) >= 11 is 0. The fourth-order valence-electron chi connectivity index (χ4n) is 2.82. The number of benzene rings is 1. The fourth-order valence-corrected chi connectivity index (χ4v) is 4.39. The number of aromatic nitrogens is 1. The second-order valence-corrected chi connectivity index (χ2v) is 7.16. The lowest BCUT2D eigenvalue weighted by Crippen LogP contribution is -2.48. The van der Waals surface area contributed by atoms with Gasteiger partial charge in [0.2, 0.25) is 10.0 Å². The van der Waals surface area contributed by atoms with Gasteiger partial charge >= 0.3 is 0 Å². The Hall–Kier alpha value is -1.96. The van der Waals surface area contributed by atoms with Gasteiger partial charge in [0, 0.05) is 37.6 Å². The summed E-state index contributed by atoms with van der Waals surface area (Å²) in [6, 6.07) is 10.4. The van der Waals surface area contributed by atoms with Crippen LogP contribution in [0, 0.1) is 0 Å². The summed E-state index contributed by atoms with van der Waals surface area (Å²) < 4.78 is 32.9. The SMILES string of the molecule is COc1ccccc1C1CNCCN1S(=O)(=O)c1cccnc1. The van der Waals surface area contributed by atoms with Crippen LogP contribution in [0.4, 0.5) is 0 Å². The Bertz CT molecular complexity index is 765. The minimum Gasteiger partial charge on any atom is -0.496 e. The van der Waals surface area contributed by atoms with Crippen LogP contribution in [0.15, 0.2) is 53.7 Å². The van der Waals surface area contributed by atoms with Crippen LogP contribution in [-0.4, -0.2) is 44.5 Å². The summed E-state index contributed by atoms with van der Waals surface area (Å²) in [6.07, 6.45) is 2.95. The number of sulfonamides is 1.